The second-order valence-corrected chi connectivity index (χ2v) is 5.08. The molecule has 0 fully saturated rings. The van der Waals surface area contributed by atoms with Crippen LogP contribution in [-0.2, 0) is 6.42 Å². The summed E-state index contributed by atoms with van der Waals surface area (Å²) in [6.45, 7) is 0. The lowest BCUT2D eigenvalue weighted by molar-refractivity contribution is 0.0883. The predicted octanol–water partition coefficient (Wildman–Crippen LogP) is 3.59. The van der Waals surface area contributed by atoms with E-state index in [0.717, 1.165) is 32.1 Å². The van der Waals surface area contributed by atoms with Crippen LogP contribution in [0.4, 0.5) is 0 Å². The van der Waals surface area contributed by atoms with E-state index in [1.54, 1.807) is 0 Å². The summed E-state index contributed by atoms with van der Waals surface area (Å²) in [6, 6.07) is 12.4. The van der Waals surface area contributed by atoms with Crippen molar-refractivity contribution in [2.45, 2.75) is 38.5 Å². The number of aryl methyl sites for hydroxylation is 1. The first-order chi connectivity index (χ1) is 10.3. The van der Waals surface area contributed by atoms with Gasteiger partial charge < -0.3 is 0 Å². The van der Waals surface area contributed by atoms with Crippen molar-refractivity contribution in [2.75, 3.05) is 0 Å². The van der Waals surface area contributed by atoms with Gasteiger partial charge >= 0.3 is 0 Å². The standard InChI is InChI=1S/C17H19N3O/c18-12-16-13-19-20(14-16)17(21)11-7-2-1-4-8-15-9-5-3-6-10-15/h3,5-6,9-10,13-14H,1-2,4,7-8,11H2. The van der Waals surface area contributed by atoms with Crippen LogP contribution in [0, 0.1) is 11.3 Å². The maximum Gasteiger partial charge on any atom is 0.246 e. The fourth-order valence-corrected chi connectivity index (χ4v) is 2.24. The second kappa shape index (κ2) is 8.01. The van der Waals surface area contributed by atoms with E-state index in [1.807, 2.05) is 12.1 Å². The van der Waals surface area contributed by atoms with Gasteiger partial charge in [0.1, 0.15) is 6.07 Å². The molecule has 0 radical (unpaired) electrons. The molecule has 0 saturated carbocycles. The van der Waals surface area contributed by atoms with E-state index in [9.17, 15) is 4.79 Å². The highest BCUT2D eigenvalue weighted by molar-refractivity contribution is 5.78. The number of aromatic nitrogens is 2. The van der Waals surface area contributed by atoms with Gasteiger partial charge in [0.25, 0.3) is 0 Å². The molecule has 0 amide bonds. The minimum absolute atomic E-state index is 0.0421. The van der Waals surface area contributed by atoms with E-state index in [2.05, 4.69) is 29.4 Å². The average Bonchev–Trinajstić information content (AvgIpc) is 3.00. The van der Waals surface area contributed by atoms with Crippen LogP contribution in [0.25, 0.3) is 0 Å². The third kappa shape index (κ3) is 4.88. The van der Waals surface area contributed by atoms with Gasteiger partial charge in [-0.1, -0.05) is 43.2 Å². The molecular formula is C17H19N3O. The minimum atomic E-state index is -0.0421. The molecule has 1 aromatic carbocycles. The molecule has 4 nitrogen and oxygen atoms in total. The molecule has 0 spiro atoms. The number of hydrogen-bond acceptors (Lipinski definition) is 3. The molecule has 2 aromatic rings. The lowest BCUT2D eigenvalue weighted by Gasteiger charge is -2.02. The molecule has 2 rings (SSSR count). The number of unbranched alkanes of at least 4 members (excludes halogenated alkanes) is 3. The Morgan fingerprint density at radius 3 is 2.62 bits per heavy atom. The van der Waals surface area contributed by atoms with E-state index in [-0.39, 0.29) is 5.91 Å². The molecule has 0 unspecified atom stereocenters. The summed E-state index contributed by atoms with van der Waals surface area (Å²) >= 11 is 0. The molecule has 1 aromatic heterocycles. The van der Waals surface area contributed by atoms with Crippen LogP contribution < -0.4 is 0 Å². The quantitative estimate of drug-likeness (QED) is 0.729. The normalized spacial score (nSPS) is 10.2. The highest BCUT2D eigenvalue weighted by Gasteiger charge is 2.06. The highest BCUT2D eigenvalue weighted by atomic mass is 16.2. The molecule has 1 heterocycles. The summed E-state index contributed by atoms with van der Waals surface area (Å²) in [5.41, 5.74) is 1.79. The van der Waals surface area contributed by atoms with Gasteiger partial charge in [0, 0.05) is 6.42 Å². The van der Waals surface area contributed by atoms with E-state index in [4.69, 9.17) is 5.26 Å². The molecule has 0 aliphatic heterocycles. The monoisotopic (exact) mass is 281 g/mol. The van der Waals surface area contributed by atoms with E-state index in [0.29, 0.717) is 12.0 Å². The molecule has 0 aliphatic carbocycles. The zero-order valence-electron chi connectivity index (χ0n) is 12.0. The van der Waals surface area contributed by atoms with E-state index >= 15 is 0 Å². The van der Waals surface area contributed by atoms with Crippen LogP contribution in [0.5, 0.6) is 0 Å². The van der Waals surface area contributed by atoms with Crippen molar-refractivity contribution in [2.24, 2.45) is 0 Å². The molecule has 4 heteroatoms. The van der Waals surface area contributed by atoms with Crippen LogP contribution in [0.15, 0.2) is 42.7 Å². The molecule has 0 atom stereocenters. The number of nitrogens with zero attached hydrogens (tertiary/aromatic N) is 3. The zero-order chi connectivity index (χ0) is 14.9. The number of rotatable bonds is 7. The van der Waals surface area contributed by atoms with Gasteiger partial charge in [0.05, 0.1) is 18.0 Å². The van der Waals surface area contributed by atoms with Crippen LogP contribution in [-0.4, -0.2) is 15.7 Å². The summed E-state index contributed by atoms with van der Waals surface area (Å²) < 4.78 is 1.27. The summed E-state index contributed by atoms with van der Waals surface area (Å²) in [4.78, 5) is 11.8. The molecule has 108 valence electrons. The smallest absolute Gasteiger partial charge is 0.246 e. The fraction of sp³-hybridized carbons (Fsp3) is 0.353. The molecular weight excluding hydrogens is 262 g/mol. The lowest BCUT2D eigenvalue weighted by Crippen LogP contribution is -2.10. The van der Waals surface area contributed by atoms with Crippen LogP contribution in [0.1, 0.15) is 48.0 Å². The minimum Gasteiger partial charge on any atom is -0.273 e. The SMILES string of the molecule is N#Cc1cnn(C(=O)CCCCCCc2ccccc2)c1. The number of nitriles is 1. The maximum absolute atomic E-state index is 11.8. The predicted molar refractivity (Wildman–Crippen MR) is 80.8 cm³/mol. The fourth-order valence-electron chi connectivity index (χ4n) is 2.24. The largest absolute Gasteiger partial charge is 0.273 e. The Kier molecular flexibility index (Phi) is 5.71. The number of hydrogen-bond donors (Lipinski definition) is 0. The first-order valence-corrected chi connectivity index (χ1v) is 7.31. The van der Waals surface area contributed by atoms with Crippen molar-refractivity contribution < 1.29 is 4.79 Å². The molecule has 21 heavy (non-hydrogen) atoms. The van der Waals surface area contributed by atoms with Crippen LogP contribution in [0.2, 0.25) is 0 Å². The zero-order valence-corrected chi connectivity index (χ0v) is 12.0. The van der Waals surface area contributed by atoms with Gasteiger partial charge in [0.2, 0.25) is 5.91 Å². The number of carbonyl (C=O) groups is 1. The van der Waals surface area contributed by atoms with Gasteiger partial charge in [-0.2, -0.15) is 10.4 Å². The Hall–Kier alpha value is -2.41. The van der Waals surface area contributed by atoms with Crippen LogP contribution >= 0.6 is 0 Å². The first-order valence-electron chi connectivity index (χ1n) is 7.31. The van der Waals surface area contributed by atoms with Gasteiger partial charge in [-0.05, 0) is 24.8 Å². The Morgan fingerprint density at radius 1 is 1.14 bits per heavy atom. The van der Waals surface area contributed by atoms with Gasteiger partial charge in [-0.25, -0.2) is 4.68 Å². The third-order valence-electron chi connectivity index (χ3n) is 3.42. The van der Waals surface area contributed by atoms with Crippen molar-refractivity contribution >= 4 is 5.91 Å². The lowest BCUT2D eigenvalue weighted by atomic mass is 10.1. The Balaban J connectivity index is 1.59. The maximum atomic E-state index is 11.8. The first kappa shape index (κ1) is 15.0. The topological polar surface area (TPSA) is 58.7 Å². The van der Waals surface area contributed by atoms with Crippen molar-refractivity contribution in [3.63, 3.8) is 0 Å². The van der Waals surface area contributed by atoms with E-state index < -0.39 is 0 Å². The van der Waals surface area contributed by atoms with Gasteiger partial charge in [0.15, 0.2) is 0 Å². The highest BCUT2D eigenvalue weighted by Crippen LogP contribution is 2.09. The molecule has 0 aliphatic rings. The van der Waals surface area contributed by atoms with Gasteiger partial charge in [-0.15, -0.1) is 0 Å². The average molecular weight is 281 g/mol. The van der Waals surface area contributed by atoms with E-state index in [1.165, 1.54) is 22.6 Å². The van der Waals surface area contributed by atoms with Gasteiger partial charge in [-0.3, -0.25) is 4.79 Å². The second-order valence-electron chi connectivity index (χ2n) is 5.08. The Labute approximate surface area is 125 Å². The van der Waals surface area contributed by atoms with Crippen LogP contribution in [0.3, 0.4) is 0 Å². The summed E-state index contributed by atoms with van der Waals surface area (Å²) in [6.07, 6.45) is 8.68. The summed E-state index contributed by atoms with van der Waals surface area (Å²) in [5.74, 6) is -0.0421. The number of carbonyl (C=O) groups excluding carboxylic acids is 1. The Bertz CT molecular complexity index is 610. The van der Waals surface area contributed by atoms with Crippen molar-refractivity contribution in [3.05, 3.63) is 53.9 Å². The van der Waals surface area contributed by atoms with Crippen molar-refractivity contribution in [1.29, 1.82) is 5.26 Å². The van der Waals surface area contributed by atoms with Crippen molar-refractivity contribution in [3.8, 4) is 6.07 Å². The summed E-state index contributed by atoms with van der Waals surface area (Å²) in [7, 11) is 0. The molecule has 0 saturated heterocycles. The summed E-state index contributed by atoms with van der Waals surface area (Å²) in [5, 5.41) is 12.6. The molecule has 0 N–H and O–H groups in total. The Morgan fingerprint density at radius 2 is 1.90 bits per heavy atom. The third-order valence-corrected chi connectivity index (χ3v) is 3.42. The van der Waals surface area contributed by atoms with Crippen molar-refractivity contribution in [1.82, 2.24) is 9.78 Å². The number of benzene rings is 1. The molecule has 0 bridgehead atoms.